The predicted molar refractivity (Wildman–Crippen MR) is 227 cm³/mol. The Hall–Kier alpha value is -6.40. The van der Waals surface area contributed by atoms with Crippen LogP contribution in [0.1, 0.15) is 22.3 Å². The minimum absolute atomic E-state index is 0.335. The number of aliphatic hydroxyl groups is 1. The molecule has 4 aromatic carbocycles. The topological polar surface area (TPSA) is 115 Å². The van der Waals surface area contributed by atoms with Crippen LogP contribution < -0.4 is 18.9 Å². The molecular formula is C47H46N6O5. The molecule has 0 saturated carbocycles. The molecule has 0 amide bonds. The SMILES string of the molecule is COc1cc(CN(Cc2cc(OC)cc3cccnc23)CC(O)CN(Cc2cc(OC)cc3cccnc23)Cc2cc(OC)cc3cccnc23)c2ncccc2c1. The van der Waals surface area contributed by atoms with Gasteiger partial charge in [0, 0.05) is 85.6 Å². The third-order valence-electron chi connectivity index (χ3n) is 10.5. The molecule has 0 fully saturated rings. The predicted octanol–water partition coefficient (Wildman–Crippen LogP) is 7.98. The van der Waals surface area contributed by atoms with Crippen molar-refractivity contribution < 1.29 is 24.1 Å². The van der Waals surface area contributed by atoms with Crippen LogP contribution >= 0.6 is 0 Å². The van der Waals surface area contributed by atoms with Gasteiger partial charge in [-0.1, -0.05) is 24.3 Å². The molecule has 4 aromatic heterocycles. The lowest BCUT2D eigenvalue weighted by Crippen LogP contribution is -2.39. The first kappa shape index (κ1) is 38.5. The normalized spacial score (nSPS) is 11.7. The van der Waals surface area contributed by atoms with E-state index in [0.717, 1.165) is 88.9 Å². The summed E-state index contributed by atoms with van der Waals surface area (Å²) < 4.78 is 22.9. The number of aromatic nitrogens is 4. The lowest BCUT2D eigenvalue weighted by Gasteiger charge is -2.30. The average Bonchev–Trinajstić information content (AvgIpc) is 3.25. The number of nitrogens with zero attached hydrogens (tertiary/aromatic N) is 6. The Morgan fingerprint density at radius 1 is 0.431 bits per heavy atom. The standard InChI is InChI=1S/C47H46N6O5/c1-55-40-17-31-9-5-13-48-44(31)35(21-40)25-52(26-36-22-41(56-2)18-32-10-6-14-49-45(32)36)29-39(54)30-53(27-37-23-42(57-3)19-33-11-7-15-50-46(33)37)28-38-24-43(58-4)20-34-12-8-16-51-47(34)38/h5-24,39,54H,25-30H2,1-4H3. The summed E-state index contributed by atoms with van der Waals surface area (Å²) in [6.45, 7) is 2.62. The van der Waals surface area contributed by atoms with Crippen LogP contribution in [0, 0.1) is 0 Å². The molecule has 11 nitrogen and oxygen atoms in total. The van der Waals surface area contributed by atoms with Gasteiger partial charge in [-0.2, -0.15) is 0 Å². The van der Waals surface area contributed by atoms with Gasteiger partial charge in [-0.05, 0) is 95.1 Å². The number of hydrogen-bond acceptors (Lipinski definition) is 11. The zero-order valence-corrected chi connectivity index (χ0v) is 33.1. The van der Waals surface area contributed by atoms with E-state index in [2.05, 4.69) is 9.80 Å². The van der Waals surface area contributed by atoms with Gasteiger partial charge in [0.15, 0.2) is 0 Å². The average molecular weight is 775 g/mol. The van der Waals surface area contributed by atoms with Crippen molar-refractivity contribution in [2.24, 2.45) is 0 Å². The molecular weight excluding hydrogens is 729 g/mol. The maximum absolute atomic E-state index is 12.3. The molecule has 58 heavy (non-hydrogen) atoms. The molecule has 8 rings (SSSR count). The maximum atomic E-state index is 12.3. The van der Waals surface area contributed by atoms with Crippen molar-refractivity contribution in [1.29, 1.82) is 0 Å². The maximum Gasteiger partial charge on any atom is 0.119 e. The molecule has 0 unspecified atom stereocenters. The van der Waals surface area contributed by atoms with E-state index in [1.54, 1.807) is 28.4 Å². The van der Waals surface area contributed by atoms with E-state index in [-0.39, 0.29) is 0 Å². The van der Waals surface area contributed by atoms with Crippen LogP contribution in [0.15, 0.2) is 122 Å². The van der Waals surface area contributed by atoms with Crippen molar-refractivity contribution in [2.75, 3.05) is 41.5 Å². The minimum Gasteiger partial charge on any atom is -0.497 e. The van der Waals surface area contributed by atoms with Crippen molar-refractivity contribution >= 4 is 43.6 Å². The fourth-order valence-corrected chi connectivity index (χ4v) is 7.89. The van der Waals surface area contributed by atoms with Crippen molar-refractivity contribution in [2.45, 2.75) is 32.3 Å². The van der Waals surface area contributed by atoms with Crippen molar-refractivity contribution in [3.05, 3.63) is 144 Å². The second-order valence-corrected chi connectivity index (χ2v) is 14.4. The second-order valence-electron chi connectivity index (χ2n) is 14.4. The summed E-state index contributed by atoms with van der Waals surface area (Å²) in [4.78, 5) is 23.6. The summed E-state index contributed by atoms with van der Waals surface area (Å²) in [7, 11) is 6.70. The van der Waals surface area contributed by atoms with Crippen molar-refractivity contribution in [1.82, 2.24) is 29.7 Å². The van der Waals surface area contributed by atoms with E-state index in [4.69, 9.17) is 38.9 Å². The highest BCUT2D eigenvalue weighted by Gasteiger charge is 2.22. The van der Waals surface area contributed by atoms with E-state index in [1.807, 2.05) is 122 Å². The molecule has 8 aromatic rings. The Bertz CT molecular complexity index is 2350. The number of fused-ring (bicyclic) bond motifs is 4. The Morgan fingerprint density at radius 2 is 0.690 bits per heavy atom. The van der Waals surface area contributed by atoms with Crippen LogP contribution in [0.25, 0.3) is 43.6 Å². The first-order valence-corrected chi connectivity index (χ1v) is 19.2. The lowest BCUT2D eigenvalue weighted by atomic mass is 10.0. The molecule has 0 radical (unpaired) electrons. The molecule has 0 aliphatic rings. The van der Waals surface area contributed by atoms with Gasteiger partial charge in [0.25, 0.3) is 0 Å². The Morgan fingerprint density at radius 3 is 0.931 bits per heavy atom. The Balaban J connectivity index is 1.17. The molecule has 4 heterocycles. The van der Waals surface area contributed by atoms with Crippen LogP contribution in [0.3, 0.4) is 0 Å². The Kier molecular flexibility index (Phi) is 11.5. The summed E-state index contributed by atoms with van der Waals surface area (Å²) in [5.74, 6) is 2.98. The molecule has 0 spiro atoms. The summed E-state index contributed by atoms with van der Waals surface area (Å²) in [6, 6.07) is 32.0. The highest BCUT2D eigenvalue weighted by molar-refractivity contribution is 5.86. The summed E-state index contributed by atoms with van der Waals surface area (Å²) in [6.07, 6.45) is 6.45. The summed E-state index contributed by atoms with van der Waals surface area (Å²) in [5.41, 5.74) is 7.48. The molecule has 0 aliphatic carbocycles. The molecule has 0 bridgehead atoms. The van der Waals surface area contributed by atoms with Crippen LogP contribution in [-0.4, -0.2) is 82.5 Å². The zero-order chi connectivity index (χ0) is 40.0. The fourth-order valence-electron chi connectivity index (χ4n) is 7.89. The highest BCUT2D eigenvalue weighted by Crippen LogP contribution is 2.31. The Labute approximate surface area is 337 Å². The number of hydrogen-bond donors (Lipinski definition) is 1. The van der Waals surface area contributed by atoms with Gasteiger partial charge in [0.05, 0.1) is 56.6 Å². The third kappa shape index (κ3) is 8.47. The first-order chi connectivity index (χ1) is 28.4. The number of rotatable bonds is 16. The van der Waals surface area contributed by atoms with E-state index < -0.39 is 6.10 Å². The van der Waals surface area contributed by atoms with E-state index in [9.17, 15) is 5.11 Å². The molecule has 0 aliphatic heterocycles. The van der Waals surface area contributed by atoms with Gasteiger partial charge in [-0.25, -0.2) is 0 Å². The van der Waals surface area contributed by atoms with Gasteiger partial charge in [0.2, 0.25) is 0 Å². The van der Waals surface area contributed by atoms with Gasteiger partial charge in [-0.15, -0.1) is 0 Å². The fraction of sp³-hybridized carbons (Fsp3) is 0.234. The minimum atomic E-state index is -0.788. The largest absolute Gasteiger partial charge is 0.497 e. The third-order valence-corrected chi connectivity index (χ3v) is 10.5. The van der Waals surface area contributed by atoms with E-state index in [1.165, 1.54) is 0 Å². The molecule has 11 heteroatoms. The number of ether oxygens (including phenoxy) is 4. The van der Waals surface area contributed by atoms with Crippen molar-refractivity contribution in [3.63, 3.8) is 0 Å². The second kappa shape index (κ2) is 17.4. The molecule has 1 N–H and O–H groups in total. The van der Waals surface area contributed by atoms with E-state index in [0.29, 0.717) is 39.3 Å². The van der Waals surface area contributed by atoms with Gasteiger partial charge < -0.3 is 24.1 Å². The first-order valence-electron chi connectivity index (χ1n) is 19.2. The number of benzene rings is 4. The lowest BCUT2D eigenvalue weighted by molar-refractivity contribution is 0.0635. The zero-order valence-electron chi connectivity index (χ0n) is 33.1. The number of aliphatic hydroxyl groups excluding tert-OH is 1. The van der Waals surface area contributed by atoms with Crippen LogP contribution in [0.4, 0.5) is 0 Å². The van der Waals surface area contributed by atoms with E-state index >= 15 is 0 Å². The molecule has 294 valence electrons. The van der Waals surface area contributed by atoms with Gasteiger partial charge in [0.1, 0.15) is 23.0 Å². The van der Waals surface area contributed by atoms with Gasteiger partial charge in [-0.3, -0.25) is 29.7 Å². The number of pyridine rings is 4. The molecule has 0 atom stereocenters. The molecule has 0 saturated heterocycles. The monoisotopic (exact) mass is 774 g/mol. The smallest absolute Gasteiger partial charge is 0.119 e. The van der Waals surface area contributed by atoms with Crippen LogP contribution in [-0.2, 0) is 26.2 Å². The summed E-state index contributed by atoms with van der Waals surface area (Å²) in [5, 5.41) is 16.2. The quantitative estimate of drug-likeness (QED) is 0.103. The number of methoxy groups -OCH3 is 4. The van der Waals surface area contributed by atoms with Crippen LogP contribution in [0.5, 0.6) is 23.0 Å². The van der Waals surface area contributed by atoms with Crippen LogP contribution in [0.2, 0.25) is 0 Å². The summed E-state index contributed by atoms with van der Waals surface area (Å²) >= 11 is 0. The van der Waals surface area contributed by atoms with Gasteiger partial charge >= 0.3 is 0 Å². The highest BCUT2D eigenvalue weighted by atomic mass is 16.5. The van der Waals surface area contributed by atoms with Crippen molar-refractivity contribution in [3.8, 4) is 23.0 Å².